The van der Waals surface area contributed by atoms with Gasteiger partial charge in [0.15, 0.2) is 0 Å². The summed E-state index contributed by atoms with van der Waals surface area (Å²) in [7, 11) is 0. The van der Waals surface area contributed by atoms with Gasteiger partial charge in [0.1, 0.15) is 0 Å². The van der Waals surface area contributed by atoms with Crippen LogP contribution in [0.5, 0.6) is 0 Å². The number of carboxylic acid groups (broad SMARTS) is 1. The van der Waals surface area contributed by atoms with Crippen molar-refractivity contribution in [3.8, 4) is 0 Å². The van der Waals surface area contributed by atoms with Gasteiger partial charge in [0.25, 0.3) is 0 Å². The summed E-state index contributed by atoms with van der Waals surface area (Å²) < 4.78 is 0. The van der Waals surface area contributed by atoms with E-state index < -0.39 is 5.97 Å². The van der Waals surface area contributed by atoms with E-state index in [1.54, 1.807) is 0 Å². The van der Waals surface area contributed by atoms with Crippen LogP contribution in [-0.4, -0.2) is 34.5 Å². The van der Waals surface area contributed by atoms with Crippen LogP contribution in [0.3, 0.4) is 0 Å². The van der Waals surface area contributed by atoms with Gasteiger partial charge in [-0.05, 0) is 44.1 Å². The first-order chi connectivity index (χ1) is 8.54. The molecule has 0 aromatic rings. The number of thioether (sulfide) groups is 1. The second-order valence-electron chi connectivity index (χ2n) is 4.94. The highest BCUT2D eigenvalue weighted by Gasteiger charge is 2.33. The smallest absolute Gasteiger partial charge is 0.306 e. The molecule has 5 heteroatoms. The van der Waals surface area contributed by atoms with Gasteiger partial charge in [-0.1, -0.05) is 6.92 Å². The van der Waals surface area contributed by atoms with Crippen molar-refractivity contribution in [2.75, 3.05) is 11.5 Å². The standard InChI is InChI=1S/C13H23NO3S/c1-3-18-7-6-9(2)14-12(15)10-4-5-11(8-10)13(16)17/h9-11H,3-8H2,1-2H3,(H,14,15)(H,16,17). The number of carboxylic acids is 1. The fourth-order valence-corrected chi connectivity index (χ4v) is 3.09. The van der Waals surface area contributed by atoms with Crippen molar-refractivity contribution in [3.63, 3.8) is 0 Å². The Kier molecular flexibility index (Phi) is 6.54. The third kappa shape index (κ3) is 4.88. The van der Waals surface area contributed by atoms with Crippen LogP contribution in [0.4, 0.5) is 0 Å². The van der Waals surface area contributed by atoms with Gasteiger partial charge in [-0.2, -0.15) is 11.8 Å². The molecule has 0 heterocycles. The average Bonchev–Trinajstić information content (AvgIpc) is 2.78. The van der Waals surface area contributed by atoms with Crippen LogP contribution in [0.25, 0.3) is 0 Å². The molecule has 3 unspecified atom stereocenters. The molecule has 0 saturated heterocycles. The molecule has 4 nitrogen and oxygen atoms in total. The lowest BCUT2D eigenvalue weighted by molar-refractivity contribution is -0.141. The van der Waals surface area contributed by atoms with E-state index in [0.29, 0.717) is 19.3 Å². The van der Waals surface area contributed by atoms with Gasteiger partial charge < -0.3 is 10.4 Å². The highest BCUT2D eigenvalue weighted by atomic mass is 32.2. The molecule has 0 aromatic carbocycles. The molecule has 0 spiro atoms. The van der Waals surface area contributed by atoms with E-state index in [1.165, 1.54) is 0 Å². The zero-order valence-electron chi connectivity index (χ0n) is 11.1. The number of amides is 1. The molecule has 0 radical (unpaired) electrons. The lowest BCUT2D eigenvalue weighted by atomic mass is 10.0. The van der Waals surface area contributed by atoms with Crippen LogP contribution in [0.1, 0.15) is 39.5 Å². The van der Waals surface area contributed by atoms with Crippen molar-refractivity contribution in [3.05, 3.63) is 0 Å². The number of nitrogens with one attached hydrogen (secondary N) is 1. The minimum atomic E-state index is -0.766. The van der Waals surface area contributed by atoms with E-state index in [9.17, 15) is 9.59 Å². The molecule has 1 aliphatic rings. The Hall–Kier alpha value is -0.710. The summed E-state index contributed by atoms with van der Waals surface area (Å²) in [6, 6.07) is 0.181. The average molecular weight is 273 g/mol. The van der Waals surface area contributed by atoms with Crippen molar-refractivity contribution < 1.29 is 14.7 Å². The van der Waals surface area contributed by atoms with Crippen molar-refractivity contribution in [1.29, 1.82) is 0 Å². The number of aliphatic carboxylic acids is 1. The van der Waals surface area contributed by atoms with Gasteiger partial charge in [0, 0.05) is 12.0 Å². The van der Waals surface area contributed by atoms with E-state index in [1.807, 2.05) is 18.7 Å². The third-order valence-electron chi connectivity index (χ3n) is 3.44. The Morgan fingerprint density at radius 1 is 1.39 bits per heavy atom. The van der Waals surface area contributed by atoms with Gasteiger partial charge in [0.05, 0.1) is 5.92 Å². The Labute approximate surface area is 113 Å². The van der Waals surface area contributed by atoms with E-state index in [4.69, 9.17) is 5.11 Å². The summed E-state index contributed by atoms with van der Waals surface area (Å²) in [5.74, 6) is 0.994. The van der Waals surface area contributed by atoms with Crippen LogP contribution in [0.2, 0.25) is 0 Å². The van der Waals surface area contributed by atoms with Crippen LogP contribution in [-0.2, 0) is 9.59 Å². The fraction of sp³-hybridized carbons (Fsp3) is 0.846. The molecule has 0 aromatic heterocycles. The summed E-state index contributed by atoms with van der Waals surface area (Å²) in [6.07, 6.45) is 2.81. The van der Waals surface area contributed by atoms with Crippen molar-refractivity contribution in [1.82, 2.24) is 5.32 Å². The second kappa shape index (κ2) is 7.67. The highest BCUT2D eigenvalue weighted by molar-refractivity contribution is 7.99. The van der Waals surface area contributed by atoms with Crippen molar-refractivity contribution in [2.45, 2.75) is 45.6 Å². The summed E-state index contributed by atoms with van der Waals surface area (Å²) in [6.45, 7) is 4.14. The van der Waals surface area contributed by atoms with E-state index in [0.717, 1.165) is 17.9 Å². The molecular weight excluding hydrogens is 250 g/mol. The topological polar surface area (TPSA) is 66.4 Å². The number of hydrogen-bond acceptors (Lipinski definition) is 3. The van der Waals surface area contributed by atoms with Gasteiger partial charge in [-0.25, -0.2) is 0 Å². The van der Waals surface area contributed by atoms with Crippen molar-refractivity contribution >= 4 is 23.6 Å². The lowest BCUT2D eigenvalue weighted by Crippen LogP contribution is -2.37. The predicted molar refractivity (Wildman–Crippen MR) is 73.7 cm³/mol. The monoisotopic (exact) mass is 273 g/mol. The predicted octanol–water partition coefficient (Wildman–Crippen LogP) is 2.14. The van der Waals surface area contributed by atoms with Crippen LogP contribution in [0.15, 0.2) is 0 Å². The molecule has 0 aliphatic heterocycles. The van der Waals surface area contributed by atoms with Gasteiger partial charge >= 0.3 is 5.97 Å². The molecule has 3 atom stereocenters. The highest BCUT2D eigenvalue weighted by Crippen LogP contribution is 2.31. The Morgan fingerprint density at radius 3 is 2.61 bits per heavy atom. The molecule has 18 heavy (non-hydrogen) atoms. The van der Waals surface area contributed by atoms with Gasteiger partial charge in [-0.3, -0.25) is 9.59 Å². The SMILES string of the molecule is CCSCCC(C)NC(=O)C1CCC(C(=O)O)C1. The Bertz CT molecular complexity index is 296. The first-order valence-corrected chi connectivity index (χ1v) is 7.81. The first-order valence-electron chi connectivity index (χ1n) is 6.65. The molecule has 2 N–H and O–H groups in total. The molecule has 1 amide bonds. The maximum Gasteiger partial charge on any atom is 0.306 e. The number of carbonyl (C=O) groups is 2. The van der Waals surface area contributed by atoms with Gasteiger partial charge in [-0.15, -0.1) is 0 Å². The minimum absolute atomic E-state index is 0.0350. The third-order valence-corrected chi connectivity index (χ3v) is 4.37. The minimum Gasteiger partial charge on any atom is -0.481 e. The quantitative estimate of drug-likeness (QED) is 0.697. The summed E-state index contributed by atoms with van der Waals surface area (Å²) >= 11 is 1.87. The molecule has 1 fully saturated rings. The van der Waals surface area contributed by atoms with Crippen LogP contribution >= 0.6 is 11.8 Å². The van der Waals surface area contributed by atoms with Gasteiger partial charge in [0.2, 0.25) is 5.91 Å². The summed E-state index contributed by atoms with van der Waals surface area (Å²) in [4.78, 5) is 22.8. The zero-order chi connectivity index (χ0) is 13.5. The molecule has 1 rings (SSSR count). The number of carbonyl (C=O) groups excluding carboxylic acids is 1. The molecule has 0 bridgehead atoms. The van der Waals surface area contributed by atoms with E-state index >= 15 is 0 Å². The van der Waals surface area contributed by atoms with E-state index in [-0.39, 0.29) is 23.8 Å². The fourth-order valence-electron chi connectivity index (χ4n) is 2.28. The second-order valence-corrected chi connectivity index (χ2v) is 6.33. The van der Waals surface area contributed by atoms with E-state index in [2.05, 4.69) is 12.2 Å². The maximum absolute atomic E-state index is 11.9. The first kappa shape index (κ1) is 15.3. The van der Waals surface area contributed by atoms with Crippen molar-refractivity contribution in [2.24, 2.45) is 11.8 Å². The summed E-state index contributed by atoms with van der Waals surface area (Å²) in [5.41, 5.74) is 0. The summed E-state index contributed by atoms with van der Waals surface area (Å²) in [5, 5.41) is 11.9. The molecule has 1 saturated carbocycles. The normalized spacial score (nSPS) is 24.8. The van der Waals surface area contributed by atoms with Crippen LogP contribution < -0.4 is 5.32 Å². The largest absolute Gasteiger partial charge is 0.481 e. The zero-order valence-corrected chi connectivity index (χ0v) is 12.0. The molecule has 104 valence electrons. The Balaban J connectivity index is 2.26. The lowest BCUT2D eigenvalue weighted by Gasteiger charge is -2.16. The maximum atomic E-state index is 11.9. The molecule has 1 aliphatic carbocycles. The molecular formula is C13H23NO3S. The Morgan fingerprint density at radius 2 is 2.06 bits per heavy atom. The number of rotatable bonds is 7. The number of hydrogen-bond donors (Lipinski definition) is 2. The van der Waals surface area contributed by atoms with Crippen LogP contribution in [0, 0.1) is 11.8 Å².